The van der Waals surface area contributed by atoms with E-state index in [1.807, 2.05) is 19.1 Å². The summed E-state index contributed by atoms with van der Waals surface area (Å²) in [5.41, 5.74) is 0.906. The molecule has 0 aromatic heterocycles. The van der Waals surface area contributed by atoms with Crippen molar-refractivity contribution in [3.8, 4) is 0 Å². The molecule has 8 nitrogen and oxygen atoms in total. The third-order valence-corrected chi connectivity index (χ3v) is 8.77. The highest BCUT2D eigenvalue weighted by Gasteiger charge is 2.42. The Morgan fingerprint density at radius 3 is 1.72 bits per heavy atom. The van der Waals surface area contributed by atoms with Gasteiger partial charge in [-0.2, -0.15) is 0 Å². The summed E-state index contributed by atoms with van der Waals surface area (Å²) in [4.78, 5) is 37.3. The zero-order valence-electron chi connectivity index (χ0n) is 28.7. The number of methoxy groups -OCH3 is 1. The molecule has 2 aromatic carbocycles. The maximum absolute atomic E-state index is 13.2. The molecule has 47 heavy (non-hydrogen) atoms. The van der Waals surface area contributed by atoms with Crippen LogP contribution in [0.1, 0.15) is 137 Å². The van der Waals surface area contributed by atoms with E-state index in [0.717, 1.165) is 64.2 Å². The van der Waals surface area contributed by atoms with Gasteiger partial charge in [-0.3, -0.25) is 4.79 Å². The summed E-state index contributed by atoms with van der Waals surface area (Å²) in [7, 11) is 1.44. The molecule has 0 bridgehead atoms. The molecule has 1 saturated heterocycles. The molecular weight excluding hydrogens is 596 g/mol. The molecule has 3 rings (SSSR count). The lowest BCUT2D eigenvalue weighted by Crippen LogP contribution is -2.51. The minimum absolute atomic E-state index is 0.0243. The van der Waals surface area contributed by atoms with E-state index in [4.69, 9.17) is 23.7 Å². The number of hydrogen-bond acceptors (Lipinski definition) is 8. The van der Waals surface area contributed by atoms with Crippen LogP contribution in [-0.2, 0) is 28.5 Å². The summed E-state index contributed by atoms with van der Waals surface area (Å²) >= 11 is 0. The topological polar surface area (TPSA) is 97.4 Å². The fourth-order valence-electron chi connectivity index (χ4n) is 5.92. The van der Waals surface area contributed by atoms with E-state index >= 15 is 0 Å². The van der Waals surface area contributed by atoms with Crippen molar-refractivity contribution in [1.29, 1.82) is 0 Å². The normalized spacial score (nSPS) is 19.9. The van der Waals surface area contributed by atoms with E-state index in [1.165, 1.54) is 32.8 Å². The highest BCUT2D eigenvalue weighted by atomic mass is 16.7. The quantitative estimate of drug-likeness (QED) is 0.0706. The van der Waals surface area contributed by atoms with Crippen LogP contribution < -0.4 is 0 Å². The molecule has 0 amide bonds. The van der Waals surface area contributed by atoms with Gasteiger partial charge in [-0.1, -0.05) is 114 Å². The van der Waals surface area contributed by atoms with Crippen molar-refractivity contribution in [1.82, 2.24) is 0 Å². The lowest BCUT2D eigenvalue weighted by Gasteiger charge is -2.40. The monoisotopic (exact) mass is 652 g/mol. The Labute approximate surface area is 281 Å². The molecule has 0 spiro atoms. The summed E-state index contributed by atoms with van der Waals surface area (Å²) in [5, 5.41) is 0. The second-order valence-corrected chi connectivity index (χ2v) is 12.6. The van der Waals surface area contributed by atoms with Gasteiger partial charge < -0.3 is 23.7 Å². The zero-order valence-corrected chi connectivity index (χ0v) is 28.7. The smallest absolute Gasteiger partial charge is 0.338 e. The lowest BCUT2D eigenvalue weighted by atomic mass is 10.0. The zero-order chi connectivity index (χ0) is 33.7. The van der Waals surface area contributed by atoms with Crippen molar-refractivity contribution < 1.29 is 38.1 Å². The first-order valence-corrected chi connectivity index (χ1v) is 17.8. The Balaban J connectivity index is 1.58. The third-order valence-electron chi connectivity index (χ3n) is 8.77. The molecule has 8 heteroatoms. The van der Waals surface area contributed by atoms with Crippen LogP contribution in [0.15, 0.2) is 60.7 Å². The van der Waals surface area contributed by atoms with Crippen LogP contribution in [0.25, 0.3) is 0 Å². The maximum Gasteiger partial charge on any atom is 0.338 e. The fraction of sp³-hybridized carbons (Fsp3) is 0.615. The lowest BCUT2D eigenvalue weighted by molar-refractivity contribution is -0.275. The summed E-state index contributed by atoms with van der Waals surface area (Å²) in [6, 6.07) is 17.7. The Morgan fingerprint density at radius 1 is 0.702 bits per heavy atom. The van der Waals surface area contributed by atoms with Gasteiger partial charge in [0.15, 0.2) is 12.4 Å². The molecule has 2 aromatic rings. The van der Waals surface area contributed by atoms with Gasteiger partial charge in [-0.15, -0.1) is 0 Å². The molecule has 0 radical (unpaired) electrons. The van der Waals surface area contributed by atoms with Crippen LogP contribution in [0.2, 0.25) is 0 Å². The average molecular weight is 653 g/mol. The van der Waals surface area contributed by atoms with Gasteiger partial charge in [-0.05, 0) is 50.5 Å². The van der Waals surface area contributed by atoms with Gasteiger partial charge in [0, 0.05) is 12.8 Å². The third kappa shape index (κ3) is 14.6. The molecule has 1 fully saturated rings. The summed E-state index contributed by atoms with van der Waals surface area (Å²) in [5.74, 6) is -1.02. The Kier molecular flexibility index (Phi) is 18.2. The van der Waals surface area contributed by atoms with Crippen LogP contribution in [0.5, 0.6) is 0 Å². The molecule has 0 unspecified atom stereocenters. The predicted octanol–water partition coefficient (Wildman–Crippen LogP) is 9.00. The van der Waals surface area contributed by atoms with Crippen molar-refractivity contribution in [2.45, 2.75) is 147 Å². The number of rotatable bonds is 22. The molecule has 1 aliphatic rings. The second-order valence-electron chi connectivity index (χ2n) is 12.6. The van der Waals surface area contributed by atoms with E-state index in [0.29, 0.717) is 17.5 Å². The predicted molar refractivity (Wildman–Crippen MR) is 182 cm³/mol. The molecular formula is C39H56O8. The number of hydrogen-bond donors (Lipinski definition) is 0. The van der Waals surface area contributed by atoms with Gasteiger partial charge >= 0.3 is 17.9 Å². The van der Waals surface area contributed by atoms with E-state index in [9.17, 15) is 14.4 Å². The number of esters is 3. The van der Waals surface area contributed by atoms with E-state index in [1.54, 1.807) is 48.5 Å². The Morgan fingerprint density at radius 2 is 1.19 bits per heavy atom. The Bertz CT molecular complexity index is 1150. The molecule has 1 aliphatic heterocycles. The summed E-state index contributed by atoms with van der Waals surface area (Å²) in [6.07, 6.45) is 13.4. The van der Waals surface area contributed by atoms with Gasteiger partial charge in [0.05, 0.1) is 30.4 Å². The van der Waals surface area contributed by atoms with Crippen molar-refractivity contribution in [2.24, 2.45) is 0 Å². The SMILES string of the molecule is CCCCCC[C@H](CCCCCCCCCCC(=O)OC)O[C@@H]1O[C@@H](C)[C@H](OC(=O)c2ccccc2)C[C@H]1OC(=O)c1ccccc1. The first-order valence-electron chi connectivity index (χ1n) is 17.8. The first kappa shape index (κ1) is 38.2. The number of ether oxygens (including phenoxy) is 5. The minimum Gasteiger partial charge on any atom is -0.469 e. The van der Waals surface area contributed by atoms with Gasteiger partial charge in [0.2, 0.25) is 0 Å². The van der Waals surface area contributed by atoms with Gasteiger partial charge in [-0.25, -0.2) is 9.59 Å². The molecule has 1 heterocycles. The van der Waals surface area contributed by atoms with Crippen LogP contribution >= 0.6 is 0 Å². The van der Waals surface area contributed by atoms with Crippen LogP contribution in [0.3, 0.4) is 0 Å². The molecule has 260 valence electrons. The van der Waals surface area contributed by atoms with Crippen molar-refractivity contribution >= 4 is 17.9 Å². The van der Waals surface area contributed by atoms with Crippen molar-refractivity contribution in [3.63, 3.8) is 0 Å². The fourth-order valence-corrected chi connectivity index (χ4v) is 5.92. The van der Waals surface area contributed by atoms with Crippen molar-refractivity contribution in [3.05, 3.63) is 71.8 Å². The Hall–Kier alpha value is -3.23. The average Bonchev–Trinajstić information content (AvgIpc) is 3.09. The molecule has 5 atom stereocenters. The maximum atomic E-state index is 13.2. The van der Waals surface area contributed by atoms with Gasteiger partial charge in [0.1, 0.15) is 6.10 Å². The second kappa shape index (κ2) is 22.4. The molecule has 0 N–H and O–H groups in total. The highest BCUT2D eigenvalue weighted by molar-refractivity contribution is 5.90. The van der Waals surface area contributed by atoms with Crippen LogP contribution in [0.4, 0.5) is 0 Å². The standard InChI is InChI=1S/C39H56O8/c1-4-5-6-19-26-33(27-20-11-9-7-8-10-12-21-28-36(40)43-3)45-39-35(47-38(42)32-24-17-14-18-25-32)29-34(30(2)44-39)46-37(41)31-22-15-13-16-23-31/h13-18,22-25,30,33-35,39H,4-12,19-21,26-29H2,1-3H3/t30-,33+,34+,35+,39-/m0/s1. The number of carbonyl (C=O) groups excluding carboxylic acids is 3. The summed E-state index contributed by atoms with van der Waals surface area (Å²) in [6.45, 7) is 4.08. The minimum atomic E-state index is -0.759. The summed E-state index contributed by atoms with van der Waals surface area (Å²) < 4.78 is 29.6. The number of carbonyl (C=O) groups is 3. The van der Waals surface area contributed by atoms with Crippen LogP contribution in [0, 0.1) is 0 Å². The number of benzene rings is 2. The van der Waals surface area contributed by atoms with E-state index in [-0.39, 0.29) is 18.5 Å². The number of unbranched alkanes of at least 4 members (excludes halogenated alkanes) is 10. The highest BCUT2D eigenvalue weighted by Crippen LogP contribution is 2.30. The molecule has 0 saturated carbocycles. The van der Waals surface area contributed by atoms with E-state index < -0.39 is 36.5 Å². The van der Waals surface area contributed by atoms with Gasteiger partial charge in [0.25, 0.3) is 0 Å². The first-order chi connectivity index (χ1) is 22.9. The largest absolute Gasteiger partial charge is 0.469 e. The van der Waals surface area contributed by atoms with Crippen molar-refractivity contribution in [2.75, 3.05) is 7.11 Å². The molecule has 0 aliphatic carbocycles. The van der Waals surface area contributed by atoms with Crippen LogP contribution in [-0.4, -0.2) is 55.7 Å². The van der Waals surface area contributed by atoms with E-state index in [2.05, 4.69) is 6.92 Å².